The minimum absolute atomic E-state index is 0.171. The van der Waals surface area contributed by atoms with E-state index in [-0.39, 0.29) is 12.0 Å². The number of urea groups is 1. The summed E-state index contributed by atoms with van der Waals surface area (Å²) in [6.07, 6.45) is 10.0. The first-order valence-corrected chi connectivity index (χ1v) is 16.5. The highest BCUT2D eigenvalue weighted by molar-refractivity contribution is 6.10. The molecule has 256 valence electrons. The summed E-state index contributed by atoms with van der Waals surface area (Å²) in [4.78, 5) is 24.7. The van der Waals surface area contributed by atoms with E-state index in [1.165, 1.54) is 31.9 Å². The lowest BCUT2D eigenvalue weighted by Gasteiger charge is -2.25. The van der Waals surface area contributed by atoms with Crippen molar-refractivity contribution in [3.8, 4) is 22.6 Å². The Morgan fingerprint density at radius 3 is 2.39 bits per heavy atom. The molecule has 1 aliphatic rings. The number of nitrogens with two attached hydrogens (primary N) is 1. The van der Waals surface area contributed by atoms with Gasteiger partial charge in [-0.25, -0.2) is 9.78 Å². The molecule has 0 aliphatic carbocycles. The molecule has 0 atom stereocenters. The number of oxazole rings is 1. The molecule has 10 nitrogen and oxygen atoms in total. The number of hydrogen-bond donors (Lipinski definition) is 3. The Hall–Kier alpha value is -5.35. The predicted octanol–water partition coefficient (Wildman–Crippen LogP) is 8.49. The molecule has 3 heterocycles. The molecule has 1 fully saturated rings. The minimum atomic E-state index is -0.396. The number of carbonyl (C=O) groups excluding carboxylic acids is 1. The van der Waals surface area contributed by atoms with Crippen LogP contribution in [-0.2, 0) is 18.6 Å². The Bertz CT molecular complexity index is 1840. The summed E-state index contributed by atoms with van der Waals surface area (Å²) in [6.45, 7) is 12.8. The number of likely N-dealkylation sites (tertiary alicyclic amines) is 1. The quantitative estimate of drug-likeness (QED) is 0.143. The third-order valence-electron chi connectivity index (χ3n) is 8.37. The van der Waals surface area contributed by atoms with Crippen molar-refractivity contribution in [3.05, 3.63) is 109 Å². The van der Waals surface area contributed by atoms with Crippen LogP contribution in [0.1, 0.15) is 57.1 Å². The number of pyridine rings is 1. The van der Waals surface area contributed by atoms with Gasteiger partial charge in [0.2, 0.25) is 0 Å². The average Bonchev–Trinajstić information content (AvgIpc) is 3.62. The standard InChI is InChI=1S/C37H41N5O4.C2H5N/c1-37(2,3)26-18-33(35(44-4)34(19-26)45-23-28-21-38-24-46-28)41-36(43)40-32-15-14-29(30-10-6-7-11-31(30)32)25-12-13-27(39-20-25)22-42-16-8-5-9-17-42;1-2-3/h6-7,10-15,18-21,24H,5,8-9,16-17,22-23H2,1-4H3,(H2,40,41,43);2H,1,3H2. The van der Waals surface area contributed by atoms with Gasteiger partial charge < -0.3 is 30.3 Å². The molecule has 10 heteroatoms. The molecule has 0 radical (unpaired) electrons. The van der Waals surface area contributed by atoms with Crippen molar-refractivity contribution in [3.63, 3.8) is 0 Å². The third-order valence-corrected chi connectivity index (χ3v) is 8.37. The molecule has 0 unspecified atom stereocenters. The van der Waals surface area contributed by atoms with Gasteiger partial charge in [0, 0.05) is 23.7 Å². The third kappa shape index (κ3) is 8.97. The molecule has 6 rings (SSSR count). The van der Waals surface area contributed by atoms with Gasteiger partial charge in [0.1, 0.15) is 6.61 Å². The van der Waals surface area contributed by atoms with Crippen molar-refractivity contribution in [2.45, 2.75) is 58.6 Å². The number of benzene rings is 3. The fourth-order valence-corrected chi connectivity index (χ4v) is 5.87. The highest BCUT2D eigenvalue weighted by atomic mass is 16.5. The molecule has 1 saturated heterocycles. The smallest absolute Gasteiger partial charge is 0.323 e. The molecule has 2 amide bonds. The van der Waals surface area contributed by atoms with Gasteiger partial charge in [-0.05, 0) is 78.3 Å². The molecule has 0 spiro atoms. The van der Waals surface area contributed by atoms with Crippen molar-refractivity contribution < 1.29 is 18.7 Å². The fourth-order valence-electron chi connectivity index (χ4n) is 5.87. The number of fused-ring (bicyclic) bond motifs is 1. The zero-order valence-electron chi connectivity index (χ0n) is 28.8. The number of amides is 2. The SMILES string of the molecule is C=CN.COc1c(NC(=O)Nc2ccc(-c3ccc(CN4CCCCC4)nc3)c3ccccc23)cc(C(C)(C)C)cc1OCc1cnco1. The molecule has 1 aliphatic heterocycles. The van der Waals surface area contributed by atoms with Crippen molar-refractivity contribution in [2.75, 3.05) is 30.8 Å². The van der Waals surface area contributed by atoms with Crippen molar-refractivity contribution in [1.82, 2.24) is 14.9 Å². The fraction of sp³-hybridized carbons (Fsp3) is 0.308. The maximum absolute atomic E-state index is 13.5. The van der Waals surface area contributed by atoms with E-state index in [2.05, 4.69) is 71.8 Å². The molecule has 5 aromatic rings. The van der Waals surface area contributed by atoms with Crippen LogP contribution < -0.4 is 25.8 Å². The summed E-state index contributed by atoms with van der Waals surface area (Å²) in [5, 5.41) is 8.02. The number of ether oxygens (including phenoxy) is 2. The summed E-state index contributed by atoms with van der Waals surface area (Å²) in [5.74, 6) is 1.49. The van der Waals surface area contributed by atoms with E-state index < -0.39 is 6.03 Å². The van der Waals surface area contributed by atoms with Crippen LogP contribution in [0.2, 0.25) is 0 Å². The predicted molar refractivity (Wildman–Crippen MR) is 196 cm³/mol. The largest absolute Gasteiger partial charge is 0.491 e. The summed E-state index contributed by atoms with van der Waals surface area (Å²) in [7, 11) is 1.55. The van der Waals surface area contributed by atoms with Gasteiger partial charge in [0.25, 0.3) is 0 Å². The second-order valence-corrected chi connectivity index (χ2v) is 13.0. The maximum atomic E-state index is 13.5. The number of aromatic nitrogens is 2. The first-order valence-electron chi connectivity index (χ1n) is 16.5. The number of anilines is 2. The van der Waals surface area contributed by atoms with Gasteiger partial charge in [-0.15, -0.1) is 0 Å². The molecule has 0 saturated carbocycles. The molecule has 2 aromatic heterocycles. The normalized spacial score (nSPS) is 13.2. The molecule has 3 aromatic carbocycles. The molecular formula is C39H46N6O4. The minimum Gasteiger partial charge on any atom is -0.491 e. The molecule has 4 N–H and O–H groups in total. The van der Waals surface area contributed by atoms with Gasteiger partial charge in [-0.3, -0.25) is 9.88 Å². The van der Waals surface area contributed by atoms with E-state index in [0.717, 1.165) is 52.8 Å². The monoisotopic (exact) mass is 662 g/mol. The maximum Gasteiger partial charge on any atom is 0.323 e. The van der Waals surface area contributed by atoms with Gasteiger partial charge in [-0.1, -0.05) is 70.2 Å². The molecule has 0 bridgehead atoms. The van der Waals surface area contributed by atoms with Gasteiger partial charge in [0.15, 0.2) is 23.7 Å². The number of carbonyl (C=O) groups is 1. The van der Waals surface area contributed by atoms with Crippen LogP contribution in [0.4, 0.5) is 16.2 Å². The number of nitrogens with one attached hydrogen (secondary N) is 2. The summed E-state index contributed by atoms with van der Waals surface area (Å²) < 4.78 is 17.1. The van der Waals surface area contributed by atoms with Crippen molar-refractivity contribution >= 4 is 28.2 Å². The van der Waals surface area contributed by atoms with Crippen LogP contribution in [0.5, 0.6) is 11.5 Å². The second kappa shape index (κ2) is 16.2. The highest BCUT2D eigenvalue weighted by Crippen LogP contribution is 2.41. The van der Waals surface area contributed by atoms with Crippen molar-refractivity contribution in [1.29, 1.82) is 0 Å². The summed E-state index contributed by atoms with van der Waals surface area (Å²) in [5.41, 5.74) is 9.75. The van der Waals surface area contributed by atoms with Gasteiger partial charge >= 0.3 is 6.03 Å². The van der Waals surface area contributed by atoms with E-state index in [1.807, 2.05) is 48.7 Å². The zero-order chi connectivity index (χ0) is 34.8. The number of rotatable bonds is 9. The van der Waals surface area contributed by atoms with E-state index >= 15 is 0 Å². The van der Waals surface area contributed by atoms with Crippen LogP contribution >= 0.6 is 0 Å². The van der Waals surface area contributed by atoms with E-state index in [9.17, 15) is 4.79 Å². The Morgan fingerprint density at radius 2 is 1.73 bits per heavy atom. The van der Waals surface area contributed by atoms with Crippen LogP contribution in [0.15, 0.2) is 96.6 Å². The average molecular weight is 663 g/mol. The highest BCUT2D eigenvalue weighted by Gasteiger charge is 2.22. The van der Waals surface area contributed by atoms with Crippen LogP contribution in [-0.4, -0.2) is 41.1 Å². The lowest BCUT2D eigenvalue weighted by Crippen LogP contribution is -2.29. The van der Waals surface area contributed by atoms with Gasteiger partial charge in [-0.2, -0.15) is 0 Å². The van der Waals surface area contributed by atoms with Crippen LogP contribution in [0, 0.1) is 0 Å². The topological polar surface area (TPSA) is 128 Å². The number of piperidine rings is 1. The summed E-state index contributed by atoms with van der Waals surface area (Å²) in [6, 6.07) is 19.8. The number of methoxy groups -OCH3 is 1. The van der Waals surface area contributed by atoms with Crippen LogP contribution in [0.25, 0.3) is 21.9 Å². The first-order chi connectivity index (χ1) is 23.7. The first kappa shape index (κ1) is 35.0. The Kier molecular flexibility index (Phi) is 11.5. The van der Waals surface area contributed by atoms with E-state index in [0.29, 0.717) is 28.6 Å². The van der Waals surface area contributed by atoms with E-state index in [1.54, 1.807) is 13.3 Å². The summed E-state index contributed by atoms with van der Waals surface area (Å²) >= 11 is 0. The Labute approximate surface area is 288 Å². The Balaban J connectivity index is 0.00000151. The van der Waals surface area contributed by atoms with Gasteiger partial charge in [0.05, 0.1) is 30.4 Å². The van der Waals surface area contributed by atoms with Crippen LogP contribution in [0.3, 0.4) is 0 Å². The lowest BCUT2D eigenvalue weighted by molar-refractivity contribution is 0.218. The number of nitrogens with zero attached hydrogens (tertiary/aromatic N) is 3. The lowest BCUT2D eigenvalue weighted by atomic mass is 9.86. The zero-order valence-corrected chi connectivity index (χ0v) is 28.8. The second-order valence-electron chi connectivity index (χ2n) is 13.0. The van der Waals surface area contributed by atoms with E-state index in [4.69, 9.17) is 18.9 Å². The Morgan fingerprint density at radius 1 is 1.00 bits per heavy atom. The number of hydrogen-bond acceptors (Lipinski definition) is 8. The molecular weight excluding hydrogens is 616 g/mol. The molecule has 49 heavy (non-hydrogen) atoms. The van der Waals surface area contributed by atoms with Crippen molar-refractivity contribution in [2.24, 2.45) is 5.73 Å².